The van der Waals surface area contributed by atoms with E-state index < -0.39 is 32.1 Å². The minimum Gasteiger partial charge on any atom is -0.506 e. The van der Waals surface area contributed by atoms with Crippen molar-refractivity contribution in [2.24, 2.45) is 0 Å². The predicted molar refractivity (Wildman–Crippen MR) is 65.7 cm³/mol. The lowest BCUT2D eigenvalue weighted by Gasteiger charge is -2.21. The first-order chi connectivity index (χ1) is 8.28. The van der Waals surface area contributed by atoms with Crippen LogP contribution in [0.2, 0.25) is 0 Å². The van der Waals surface area contributed by atoms with Gasteiger partial charge in [-0.05, 0) is 29.3 Å². The van der Waals surface area contributed by atoms with Crippen molar-refractivity contribution in [3.63, 3.8) is 0 Å². The zero-order valence-electron chi connectivity index (χ0n) is 9.70. The number of nitrogens with zero attached hydrogens (tertiary/aromatic N) is 2. The molecule has 1 rings (SSSR count). The number of hydrogen-bond donors (Lipinski definition) is 1. The molecular formula is C11H10BrFN2O3. The molecule has 18 heavy (non-hydrogen) atoms. The second-order valence-electron chi connectivity index (χ2n) is 3.97. The van der Waals surface area contributed by atoms with Crippen LogP contribution in [0.15, 0.2) is 10.5 Å². The molecule has 0 saturated carbocycles. The molecule has 0 aliphatic heterocycles. The Hall–Kier alpha value is -1.68. The highest BCUT2D eigenvalue weighted by molar-refractivity contribution is 9.10. The minimum atomic E-state index is -1.15. The standard InChI is InChI=1S/C11H10BrFN2O3/c1-3-11(2,5-14)6-4-7(15(17)18)9(13)8(12)10(6)16/h4,16H,3H2,1-2H3. The van der Waals surface area contributed by atoms with E-state index in [-0.39, 0.29) is 5.56 Å². The number of phenolic OH excluding ortho intramolecular Hbond substituents is 1. The summed E-state index contributed by atoms with van der Waals surface area (Å²) in [7, 11) is 0. The molecular weight excluding hydrogens is 307 g/mol. The lowest BCUT2D eigenvalue weighted by atomic mass is 9.81. The summed E-state index contributed by atoms with van der Waals surface area (Å²) < 4.78 is 13.2. The molecule has 0 heterocycles. The van der Waals surface area contributed by atoms with Gasteiger partial charge in [-0.2, -0.15) is 9.65 Å². The molecule has 0 aromatic heterocycles. The second-order valence-corrected chi connectivity index (χ2v) is 4.77. The van der Waals surface area contributed by atoms with Gasteiger partial charge in [0.25, 0.3) is 0 Å². The first-order valence-corrected chi connectivity index (χ1v) is 5.84. The lowest BCUT2D eigenvalue weighted by molar-refractivity contribution is -0.387. The first kappa shape index (κ1) is 14.4. The second kappa shape index (κ2) is 4.90. The molecule has 0 amide bonds. The summed E-state index contributed by atoms with van der Waals surface area (Å²) in [5.41, 5.74) is -1.86. The number of halogens is 2. The number of aromatic hydroxyl groups is 1. The van der Waals surface area contributed by atoms with E-state index in [0.29, 0.717) is 6.42 Å². The van der Waals surface area contributed by atoms with Crippen LogP contribution in [0.3, 0.4) is 0 Å². The monoisotopic (exact) mass is 316 g/mol. The van der Waals surface area contributed by atoms with Crippen LogP contribution in [0.1, 0.15) is 25.8 Å². The van der Waals surface area contributed by atoms with Gasteiger partial charge in [-0.15, -0.1) is 0 Å². The number of nitro groups is 1. The third-order valence-electron chi connectivity index (χ3n) is 2.91. The molecule has 1 aromatic carbocycles. The van der Waals surface area contributed by atoms with Crippen LogP contribution < -0.4 is 0 Å². The van der Waals surface area contributed by atoms with Crippen molar-refractivity contribution >= 4 is 21.6 Å². The number of nitro benzene ring substituents is 1. The first-order valence-electron chi connectivity index (χ1n) is 5.05. The maximum atomic E-state index is 13.6. The molecule has 1 unspecified atom stereocenters. The quantitative estimate of drug-likeness (QED) is 0.684. The summed E-state index contributed by atoms with van der Waals surface area (Å²) in [5, 5.41) is 29.7. The predicted octanol–water partition coefficient (Wildman–Crippen LogP) is 3.39. The molecule has 0 spiro atoms. The largest absolute Gasteiger partial charge is 0.506 e. The molecule has 0 fully saturated rings. The number of nitriles is 1. The van der Waals surface area contributed by atoms with Crippen molar-refractivity contribution in [3.05, 3.63) is 32.0 Å². The van der Waals surface area contributed by atoms with E-state index in [0.717, 1.165) is 6.07 Å². The Balaban J connectivity index is 3.67. The summed E-state index contributed by atoms with van der Waals surface area (Å²) >= 11 is 2.76. The summed E-state index contributed by atoms with van der Waals surface area (Å²) in [6.07, 6.45) is 0.326. The average molecular weight is 317 g/mol. The third-order valence-corrected chi connectivity index (χ3v) is 3.63. The molecule has 1 N–H and O–H groups in total. The van der Waals surface area contributed by atoms with Gasteiger partial charge in [0.1, 0.15) is 10.2 Å². The fourth-order valence-corrected chi connectivity index (χ4v) is 1.90. The van der Waals surface area contributed by atoms with E-state index >= 15 is 0 Å². The zero-order valence-corrected chi connectivity index (χ0v) is 11.3. The Kier molecular flexibility index (Phi) is 3.92. The highest BCUT2D eigenvalue weighted by Crippen LogP contribution is 2.42. The Bertz CT molecular complexity index is 556. The van der Waals surface area contributed by atoms with E-state index in [1.165, 1.54) is 6.92 Å². The molecule has 0 aliphatic rings. The van der Waals surface area contributed by atoms with Crippen molar-refractivity contribution in [1.82, 2.24) is 0 Å². The summed E-state index contributed by atoms with van der Waals surface area (Å²) in [6.45, 7) is 3.22. The van der Waals surface area contributed by atoms with Crippen molar-refractivity contribution in [3.8, 4) is 11.8 Å². The highest BCUT2D eigenvalue weighted by Gasteiger charge is 2.33. The number of hydrogen-bond acceptors (Lipinski definition) is 4. The third kappa shape index (κ3) is 2.16. The van der Waals surface area contributed by atoms with Crippen molar-refractivity contribution in [1.29, 1.82) is 5.26 Å². The molecule has 0 radical (unpaired) electrons. The molecule has 1 atom stereocenters. The Morgan fingerprint density at radius 1 is 1.72 bits per heavy atom. The van der Waals surface area contributed by atoms with Crippen LogP contribution in [0.4, 0.5) is 10.1 Å². The van der Waals surface area contributed by atoms with Crippen molar-refractivity contribution in [2.45, 2.75) is 25.7 Å². The van der Waals surface area contributed by atoms with Gasteiger partial charge in [0.2, 0.25) is 5.82 Å². The van der Waals surface area contributed by atoms with E-state index in [9.17, 15) is 19.6 Å². The van der Waals surface area contributed by atoms with Crippen LogP contribution in [0.25, 0.3) is 0 Å². The van der Waals surface area contributed by atoms with E-state index in [1.807, 2.05) is 6.07 Å². The highest BCUT2D eigenvalue weighted by atomic mass is 79.9. The van der Waals surface area contributed by atoms with Gasteiger partial charge in [-0.1, -0.05) is 6.92 Å². The molecule has 1 aromatic rings. The molecule has 96 valence electrons. The van der Waals surface area contributed by atoms with E-state index in [2.05, 4.69) is 15.9 Å². The van der Waals surface area contributed by atoms with Crippen LogP contribution >= 0.6 is 15.9 Å². The van der Waals surface area contributed by atoms with Gasteiger partial charge in [0, 0.05) is 11.6 Å². The summed E-state index contributed by atoms with van der Waals surface area (Å²) in [5.74, 6) is -1.64. The van der Waals surface area contributed by atoms with Crippen molar-refractivity contribution < 1.29 is 14.4 Å². The van der Waals surface area contributed by atoms with E-state index in [1.54, 1.807) is 6.92 Å². The van der Waals surface area contributed by atoms with Crippen LogP contribution in [-0.4, -0.2) is 10.0 Å². The van der Waals surface area contributed by atoms with Gasteiger partial charge < -0.3 is 5.11 Å². The summed E-state index contributed by atoms with van der Waals surface area (Å²) in [4.78, 5) is 9.83. The fraction of sp³-hybridized carbons (Fsp3) is 0.364. The maximum Gasteiger partial charge on any atom is 0.306 e. The minimum absolute atomic E-state index is 0.0347. The molecule has 0 saturated heterocycles. The van der Waals surface area contributed by atoms with Gasteiger partial charge >= 0.3 is 5.69 Å². The molecule has 7 heteroatoms. The van der Waals surface area contributed by atoms with Gasteiger partial charge in [0.05, 0.1) is 16.4 Å². The fourth-order valence-electron chi connectivity index (χ4n) is 1.49. The Morgan fingerprint density at radius 2 is 2.28 bits per heavy atom. The van der Waals surface area contributed by atoms with Crippen LogP contribution in [-0.2, 0) is 5.41 Å². The van der Waals surface area contributed by atoms with Gasteiger partial charge in [0.15, 0.2) is 0 Å². The van der Waals surface area contributed by atoms with Crippen LogP contribution in [0, 0.1) is 27.3 Å². The van der Waals surface area contributed by atoms with Gasteiger partial charge in [-0.25, -0.2) is 0 Å². The van der Waals surface area contributed by atoms with Crippen LogP contribution in [0.5, 0.6) is 5.75 Å². The van der Waals surface area contributed by atoms with E-state index in [4.69, 9.17) is 5.26 Å². The zero-order chi connectivity index (χ0) is 14.1. The topological polar surface area (TPSA) is 87.2 Å². The maximum absolute atomic E-state index is 13.6. The Morgan fingerprint density at radius 3 is 2.67 bits per heavy atom. The number of benzene rings is 1. The number of phenols is 1. The lowest BCUT2D eigenvalue weighted by Crippen LogP contribution is -2.19. The summed E-state index contributed by atoms with van der Waals surface area (Å²) in [6, 6.07) is 2.88. The van der Waals surface area contributed by atoms with Crippen molar-refractivity contribution in [2.75, 3.05) is 0 Å². The SMILES string of the molecule is CCC(C)(C#N)c1cc([N+](=O)[O-])c(F)c(Br)c1O. The Labute approximate surface area is 111 Å². The molecule has 5 nitrogen and oxygen atoms in total. The average Bonchev–Trinajstić information content (AvgIpc) is 2.35. The van der Waals surface area contributed by atoms with Gasteiger partial charge in [-0.3, -0.25) is 10.1 Å². The smallest absolute Gasteiger partial charge is 0.306 e. The molecule has 0 aliphatic carbocycles. The normalized spacial score (nSPS) is 13.7. The molecule has 0 bridgehead atoms. The number of rotatable bonds is 3.